The van der Waals surface area contributed by atoms with Gasteiger partial charge in [0.15, 0.2) is 0 Å². The molecule has 0 bridgehead atoms. The van der Waals surface area contributed by atoms with Crippen LogP contribution in [0, 0.1) is 0 Å². The highest BCUT2D eigenvalue weighted by atomic mass is 35.5. The van der Waals surface area contributed by atoms with Crippen LogP contribution in [0.25, 0.3) is 10.2 Å². The fraction of sp³-hybridized carbons (Fsp3) is 0. The summed E-state index contributed by atoms with van der Waals surface area (Å²) in [5, 5.41) is 10.7. The van der Waals surface area contributed by atoms with Gasteiger partial charge in [0.25, 0.3) is 0 Å². The molecule has 0 radical (unpaired) electrons. The van der Waals surface area contributed by atoms with E-state index in [1.165, 1.54) is 11.3 Å². The van der Waals surface area contributed by atoms with Gasteiger partial charge in [-0.05, 0) is 11.4 Å². The molecule has 72 valence electrons. The summed E-state index contributed by atoms with van der Waals surface area (Å²) >= 11 is 12.9. The zero-order valence-electron chi connectivity index (χ0n) is 6.62. The molecule has 3 nitrogen and oxygen atoms in total. The summed E-state index contributed by atoms with van der Waals surface area (Å²) in [7, 11) is 0. The number of hydrogen-bond donors (Lipinski definition) is 1. The number of aromatic nitrogens is 1. The molecule has 0 saturated heterocycles. The number of nitrogens with zero attached hydrogens (tertiary/aromatic N) is 1. The number of carboxylic acid groups (broad SMARTS) is 1. The van der Waals surface area contributed by atoms with Gasteiger partial charge in [-0.3, -0.25) is 0 Å². The number of pyridine rings is 1. The summed E-state index contributed by atoms with van der Waals surface area (Å²) in [4.78, 5) is 14.7. The molecule has 6 heteroatoms. The van der Waals surface area contributed by atoms with Crippen molar-refractivity contribution < 1.29 is 9.90 Å². The van der Waals surface area contributed by atoms with Crippen LogP contribution in [-0.2, 0) is 0 Å². The number of hydrogen-bond acceptors (Lipinski definition) is 3. The lowest BCUT2D eigenvalue weighted by molar-refractivity contribution is 0.0697. The van der Waals surface area contributed by atoms with Gasteiger partial charge in [0, 0.05) is 0 Å². The average molecular weight is 248 g/mol. The van der Waals surface area contributed by atoms with E-state index >= 15 is 0 Å². The fourth-order valence-electron chi connectivity index (χ4n) is 1.10. The van der Waals surface area contributed by atoms with Gasteiger partial charge in [-0.25, -0.2) is 9.78 Å². The van der Waals surface area contributed by atoms with Crippen molar-refractivity contribution in [2.45, 2.75) is 0 Å². The van der Waals surface area contributed by atoms with Gasteiger partial charge < -0.3 is 5.11 Å². The maximum Gasteiger partial charge on any atom is 0.340 e. The summed E-state index contributed by atoms with van der Waals surface area (Å²) in [5.74, 6) is -1.16. The SMILES string of the molecule is O=C(O)c1c(Cl)nc2ccsc2c1Cl. The molecule has 2 heterocycles. The van der Waals surface area contributed by atoms with Crippen molar-refractivity contribution in [2.24, 2.45) is 0 Å². The second kappa shape index (κ2) is 3.38. The highest BCUT2D eigenvalue weighted by molar-refractivity contribution is 7.17. The van der Waals surface area contributed by atoms with Crippen molar-refractivity contribution in [3.63, 3.8) is 0 Å². The number of halogens is 2. The van der Waals surface area contributed by atoms with Crippen molar-refractivity contribution in [3.8, 4) is 0 Å². The lowest BCUT2D eigenvalue weighted by Gasteiger charge is -2.01. The van der Waals surface area contributed by atoms with Gasteiger partial charge in [-0.1, -0.05) is 23.2 Å². The first-order valence-electron chi connectivity index (χ1n) is 3.56. The van der Waals surface area contributed by atoms with E-state index in [1.54, 1.807) is 11.4 Å². The van der Waals surface area contributed by atoms with Crippen molar-refractivity contribution in [1.82, 2.24) is 4.98 Å². The molecule has 0 aromatic carbocycles. The second-order valence-electron chi connectivity index (χ2n) is 2.53. The van der Waals surface area contributed by atoms with Crippen molar-refractivity contribution in [2.75, 3.05) is 0 Å². The summed E-state index contributed by atoms with van der Waals surface area (Å²) in [5.41, 5.74) is 0.485. The Labute approximate surface area is 92.9 Å². The Morgan fingerprint density at radius 3 is 2.86 bits per heavy atom. The third-order valence-corrected chi connectivity index (χ3v) is 3.39. The van der Waals surface area contributed by atoms with E-state index in [-0.39, 0.29) is 15.7 Å². The molecule has 14 heavy (non-hydrogen) atoms. The quantitative estimate of drug-likeness (QED) is 0.787. The van der Waals surface area contributed by atoms with E-state index in [9.17, 15) is 4.79 Å². The first-order chi connectivity index (χ1) is 6.61. The fourth-order valence-corrected chi connectivity index (χ4v) is 2.59. The minimum absolute atomic E-state index is 0.0756. The summed E-state index contributed by atoms with van der Waals surface area (Å²) in [6.45, 7) is 0. The molecule has 2 aromatic heterocycles. The Morgan fingerprint density at radius 2 is 2.21 bits per heavy atom. The predicted octanol–water partition coefficient (Wildman–Crippen LogP) is 3.30. The summed E-state index contributed by atoms with van der Waals surface area (Å²) < 4.78 is 0.647. The Hall–Kier alpha value is -0.840. The smallest absolute Gasteiger partial charge is 0.340 e. The molecule has 2 rings (SSSR count). The summed E-state index contributed by atoms with van der Waals surface area (Å²) in [6, 6.07) is 1.74. The molecule has 0 fully saturated rings. The Morgan fingerprint density at radius 1 is 1.50 bits per heavy atom. The number of rotatable bonds is 1. The normalized spacial score (nSPS) is 10.7. The van der Waals surface area contributed by atoms with Crippen LogP contribution in [0.1, 0.15) is 10.4 Å². The van der Waals surface area contributed by atoms with E-state index in [1.807, 2.05) is 0 Å². The van der Waals surface area contributed by atoms with Gasteiger partial charge in [-0.2, -0.15) is 0 Å². The zero-order valence-corrected chi connectivity index (χ0v) is 8.95. The minimum Gasteiger partial charge on any atom is -0.478 e. The van der Waals surface area contributed by atoms with Crippen LogP contribution in [0.15, 0.2) is 11.4 Å². The molecular formula is C8H3Cl2NO2S. The maximum absolute atomic E-state index is 10.8. The third kappa shape index (κ3) is 1.35. The van der Waals surface area contributed by atoms with Crippen molar-refractivity contribution in [3.05, 3.63) is 27.2 Å². The van der Waals surface area contributed by atoms with Crippen LogP contribution >= 0.6 is 34.5 Å². The maximum atomic E-state index is 10.8. The van der Waals surface area contributed by atoms with Crippen LogP contribution < -0.4 is 0 Å². The van der Waals surface area contributed by atoms with Crippen LogP contribution in [0.5, 0.6) is 0 Å². The predicted molar refractivity (Wildman–Crippen MR) is 56.6 cm³/mol. The van der Waals surface area contributed by atoms with E-state index < -0.39 is 5.97 Å². The molecule has 0 aliphatic carbocycles. The Balaban J connectivity index is 2.89. The number of aromatic carboxylic acids is 1. The van der Waals surface area contributed by atoms with E-state index in [0.717, 1.165) is 0 Å². The van der Waals surface area contributed by atoms with E-state index in [4.69, 9.17) is 28.3 Å². The van der Waals surface area contributed by atoms with Crippen LogP contribution in [-0.4, -0.2) is 16.1 Å². The number of fused-ring (bicyclic) bond motifs is 1. The monoisotopic (exact) mass is 247 g/mol. The molecule has 1 N–H and O–H groups in total. The third-order valence-electron chi connectivity index (χ3n) is 1.70. The van der Waals surface area contributed by atoms with Gasteiger partial charge in [-0.15, -0.1) is 11.3 Å². The van der Waals surface area contributed by atoms with Crippen LogP contribution in [0.4, 0.5) is 0 Å². The lowest BCUT2D eigenvalue weighted by atomic mass is 10.2. The highest BCUT2D eigenvalue weighted by Crippen LogP contribution is 2.33. The van der Waals surface area contributed by atoms with Crippen molar-refractivity contribution >= 4 is 50.7 Å². The Kier molecular flexibility index (Phi) is 2.34. The van der Waals surface area contributed by atoms with Gasteiger partial charge >= 0.3 is 5.97 Å². The van der Waals surface area contributed by atoms with Crippen molar-refractivity contribution in [1.29, 1.82) is 0 Å². The number of carboxylic acids is 1. The molecule has 0 saturated carbocycles. The molecule has 0 aliphatic rings. The second-order valence-corrected chi connectivity index (χ2v) is 4.18. The largest absolute Gasteiger partial charge is 0.478 e. The summed E-state index contributed by atoms with van der Waals surface area (Å²) in [6.07, 6.45) is 0. The van der Waals surface area contributed by atoms with E-state index in [2.05, 4.69) is 4.98 Å². The number of carbonyl (C=O) groups is 1. The van der Waals surface area contributed by atoms with Gasteiger partial charge in [0.1, 0.15) is 10.7 Å². The highest BCUT2D eigenvalue weighted by Gasteiger charge is 2.18. The Bertz CT molecular complexity index is 523. The molecule has 0 aliphatic heterocycles. The number of thiophene rings is 1. The lowest BCUT2D eigenvalue weighted by Crippen LogP contribution is -2.00. The molecule has 0 unspecified atom stereocenters. The van der Waals surface area contributed by atoms with Crippen LogP contribution in [0.2, 0.25) is 10.2 Å². The first-order valence-corrected chi connectivity index (χ1v) is 5.20. The molecule has 0 spiro atoms. The van der Waals surface area contributed by atoms with Gasteiger partial charge in [0.05, 0.1) is 15.2 Å². The van der Waals surface area contributed by atoms with E-state index in [0.29, 0.717) is 10.2 Å². The average Bonchev–Trinajstić information content (AvgIpc) is 2.50. The molecule has 0 amide bonds. The molecular weight excluding hydrogens is 245 g/mol. The standard InChI is InChI=1S/C8H3Cl2NO2S/c9-5-4(8(12)13)7(10)11-3-1-2-14-6(3)5/h1-2H,(H,12,13). The minimum atomic E-state index is -1.16. The first kappa shape index (κ1) is 9.71. The topological polar surface area (TPSA) is 50.2 Å². The zero-order chi connectivity index (χ0) is 10.3. The molecule has 0 atom stereocenters. The molecule has 2 aromatic rings. The van der Waals surface area contributed by atoms with Gasteiger partial charge in [0.2, 0.25) is 0 Å². The van der Waals surface area contributed by atoms with Crippen LogP contribution in [0.3, 0.4) is 0 Å².